The molecule has 1 heterocycles. The summed E-state index contributed by atoms with van der Waals surface area (Å²) in [6.45, 7) is 0. The summed E-state index contributed by atoms with van der Waals surface area (Å²) in [5.41, 5.74) is 7.66. The van der Waals surface area contributed by atoms with Crippen molar-refractivity contribution < 1.29 is 4.92 Å². The molecule has 2 aromatic rings. The second-order valence-electron chi connectivity index (χ2n) is 3.57. The van der Waals surface area contributed by atoms with Crippen LogP contribution in [0.1, 0.15) is 0 Å². The molecule has 88 valence electrons. The fourth-order valence-electron chi connectivity index (χ4n) is 1.47. The van der Waals surface area contributed by atoms with E-state index in [4.69, 9.17) is 5.73 Å². The summed E-state index contributed by atoms with van der Waals surface area (Å²) >= 11 is 1.98. The van der Waals surface area contributed by atoms with Crippen LogP contribution < -0.4 is 5.73 Å². The van der Waals surface area contributed by atoms with Crippen molar-refractivity contribution in [3.05, 3.63) is 38.3 Å². The zero-order valence-corrected chi connectivity index (χ0v) is 11.1. The number of non-ortho nitro benzene ring substituents is 1. The molecule has 0 spiro atoms. The quantitative estimate of drug-likeness (QED) is 0.392. The number of hydrogen-bond donors (Lipinski definition) is 1. The van der Waals surface area contributed by atoms with Crippen LogP contribution in [-0.2, 0) is 7.05 Å². The second-order valence-corrected chi connectivity index (χ2v) is 4.73. The molecule has 0 aliphatic carbocycles. The summed E-state index contributed by atoms with van der Waals surface area (Å²) in [6.07, 6.45) is 3.39. The molecule has 1 aromatic carbocycles. The first kappa shape index (κ1) is 11.8. The molecule has 0 aliphatic heterocycles. The Morgan fingerprint density at radius 1 is 1.53 bits per heavy atom. The molecule has 1 aromatic heterocycles. The molecule has 0 amide bonds. The molecular weight excluding hydrogens is 335 g/mol. The van der Waals surface area contributed by atoms with Gasteiger partial charge < -0.3 is 10.3 Å². The molecule has 2 N–H and O–H groups in total. The normalized spacial score (nSPS) is 10.5. The van der Waals surface area contributed by atoms with Crippen molar-refractivity contribution in [2.45, 2.75) is 0 Å². The Bertz CT molecular complexity index is 594. The van der Waals surface area contributed by atoms with E-state index in [0.717, 1.165) is 0 Å². The SMILES string of the molecule is Cn1cnc(-c2cc([N+](=O)[O-])cc(I)c2N)c1. The molecule has 6 nitrogen and oxygen atoms in total. The van der Waals surface area contributed by atoms with Crippen molar-refractivity contribution in [3.63, 3.8) is 0 Å². The molecule has 0 radical (unpaired) electrons. The lowest BCUT2D eigenvalue weighted by molar-refractivity contribution is -0.384. The van der Waals surface area contributed by atoms with E-state index in [1.165, 1.54) is 12.1 Å². The molecule has 0 atom stereocenters. The smallest absolute Gasteiger partial charge is 0.271 e. The van der Waals surface area contributed by atoms with Gasteiger partial charge in [0.2, 0.25) is 0 Å². The molecule has 7 heteroatoms. The van der Waals surface area contributed by atoms with Crippen LogP contribution in [0.5, 0.6) is 0 Å². The van der Waals surface area contributed by atoms with E-state index < -0.39 is 4.92 Å². The maximum atomic E-state index is 10.8. The number of nitrogens with two attached hydrogens (primary N) is 1. The number of aromatic nitrogens is 2. The average Bonchev–Trinajstić information content (AvgIpc) is 2.68. The first-order valence-electron chi connectivity index (χ1n) is 4.71. The lowest BCUT2D eigenvalue weighted by Crippen LogP contribution is -1.97. The molecule has 0 fully saturated rings. The van der Waals surface area contributed by atoms with Crippen LogP contribution in [0.25, 0.3) is 11.3 Å². The van der Waals surface area contributed by atoms with Gasteiger partial charge in [0.1, 0.15) is 0 Å². The van der Waals surface area contributed by atoms with E-state index in [1.54, 1.807) is 17.1 Å². The van der Waals surface area contributed by atoms with Crippen LogP contribution in [0.2, 0.25) is 0 Å². The van der Waals surface area contributed by atoms with Crippen molar-refractivity contribution in [1.82, 2.24) is 9.55 Å². The zero-order chi connectivity index (χ0) is 12.6. The molecular formula is C10H9IN4O2. The zero-order valence-electron chi connectivity index (χ0n) is 8.92. The number of anilines is 1. The summed E-state index contributed by atoms with van der Waals surface area (Å²) < 4.78 is 2.41. The Morgan fingerprint density at radius 2 is 2.24 bits per heavy atom. The van der Waals surface area contributed by atoms with Gasteiger partial charge in [0, 0.05) is 34.5 Å². The molecule has 2 rings (SSSR count). The molecule has 0 saturated heterocycles. The number of nitro groups is 1. The Balaban J connectivity index is 2.64. The minimum atomic E-state index is -0.436. The monoisotopic (exact) mass is 344 g/mol. The summed E-state index contributed by atoms with van der Waals surface area (Å²) in [5.74, 6) is 0. The van der Waals surface area contributed by atoms with Crippen LogP contribution in [0.15, 0.2) is 24.7 Å². The Hall–Kier alpha value is -1.64. The highest BCUT2D eigenvalue weighted by molar-refractivity contribution is 14.1. The molecule has 0 saturated carbocycles. The number of halogens is 1. The number of rotatable bonds is 2. The highest BCUT2D eigenvalue weighted by Gasteiger charge is 2.15. The Labute approximate surface area is 111 Å². The third kappa shape index (κ3) is 2.23. The van der Waals surface area contributed by atoms with E-state index in [0.29, 0.717) is 20.5 Å². The second kappa shape index (κ2) is 4.32. The van der Waals surface area contributed by atoms with Crippen LogP contribution in [0.3, 0.4) is 0 Å². The van der Waals surface area contributed by atoms with Crippen molar-refractivity contribution in [3.8, 4) is 11.3 Å². The van der Waals surface area contributed by atoms with Gasteiger partial charge in [0.25, 0.3) is 5.69 Å². The number of nitrogen functional groups attached to an aromatic ring is 1. The van der Waals surface area contributed by atoms with E-state index in [1.807, 2.05) is 29.6 Å². The topological polar surface area (TPSA) is 87.0 Å². The van der Waals surface area contributed by atoms with Gasteiger partial charge in [0.15, 0.2) is 0 Å². The van der Waals surface area contributed by atoms with Crippen molar-refractivity contribution in [1.29, 1.82) is 0 Å². The summed E-state index contributed by atoms with van der Waals surface area (Å²) in [4.78, 5) is 14.5. The fourth-order valence-corrected chi connectivity index (χ4v) is 2.08. The summed E-state index contributed by atoms with van der Waals surface area (Å²) in [6, 6.07) is 2.89. The molecule has 0 bridgehead atoms. The number of hydrogen-bond acceptors (Lipinski definition) is 4. The standard InChI is InChI=1S/C10H9IN4O2/c1-14-4-9(13-5-14)7-2-6(15(16)17)3-8(11)10(7)12/h2-5H,12H2,1H3. The van der Waals surface area contributed by atoms with Crippen LogP contribution >= 0.6 is 22.6 Å². The highest BCUT2D eigenvalue weighted by Crippen LogP contribution is 2.32. The number of nitrogens with zero attached hydrogens (tertiary/aromatic N) is 3. The summed E-state index contributed by atoms with van der Waals surface area (Å²) in [5, 5.41) is 10.8. The number of nitro benzene ring substituents is 1. The van der Waals surface area contributed by atoms with E-state index >= 15 is 0 Å². The third-order valence-corrected chi connectivity index (χ3v) is 3.20. The van der Waals surface area contributed by atoms with Crippen molar-refractivity contribution in [2.75, 3.05) is 5.73 Å². The molecule has 17 heavy (non-hydrogen) atoms. The largest absolute Gasteiger partial charge is 0.397 e. The van der Waals surface area contributed by atoms with Gasteiger partial charge >= 0.3 is 0 Å². The molecule has 0 aliphatic rings. The average molecular weight is 344 g/mol. The fraction of sp³-hybridized carbons (Fsp3) is 0.100. The lowest BCUT2D eigenvalue weighted by atomic mass is 10.1. The van der Waals surface area contributed by atoms with Gasteiger partial charge in [-0.1, -0.05) is 0 Å². The third-order valence-electron chi connectivity index (χ3n) is 2.31. The van der Waals surface area contributed by atoms with Gasteiger partial charge in [-0.05, 0) is 22.6 Å². The van der Waals surface area contributed by atoms with Crippen LogP contribution in [0, 0.1) is 13.7 Å². The maximum Gasteiger partial charge on any atom is 0.271 e. The van der Waals surface area contributed by atoms with E-state index in [9.17, 15) is 10.1 Å². The van der Waals surface area contributed by atoms with Crippen LogP contribution in [-0.4, -0.2) is 14.5 Å². The Kier molecular flexibility index (Phi) is 3.01. The van der Waals surface area contributed by atoms with E-state index in [2.05, 4.69) is 4.98 Å². The minimum absolute atomic E-state index is 0.0178. The number of aryl methyl sites for hydroxylation is 1. The van der Waals surface area contributed by atoms with Crippen molar-refractivity contribution >= 4 is 34.0 Å². The first-order valence-corrected chi connectivity index (χ1v) is 5.78. The number of benzene rings is 1. The van der Waals surface area contributed by atoms with Gasteiger partial charge in [-0.3, -0.25) is 10.1 Å². The molecule has 0 unspecified atom stereocenters. The van der Waals surface area contributed by atoms with Gasteiger partial charge in [-0.25, -0.2) is 4.98 Å². The highest BCUT2D eigenvalue weighted by atomic mass is 127. The minimum Gasteiger partial charge on any atom is -0.397 e. The maximum absolute atomic E-state index is 10.8. The number of imidazole rings is 1. The lowest BCUT2D eigenvalue weighted by Gasteiger charge is -2.05. The Morgan fingerprint density at radius 3 is 2.76 bits per heavy atom. The predicted octanol–water partition coefficient (Wildman–Crippen LogP) is 2.18. The van der Waals surface area contributed by atoms with E-state index in [-0.39, 0.29) is 5.69 Å². The summed E-state index contributed by atoms with van der Waals surface area (Å²) in [7, 11) is 1.83. The van der Waals surface area contributed by atoms with Gasteiger partial charge in [-0.15, -0.1) is 0 Å². The van der Waals surface area contributed by atoms with Crippen molar-refractivity contribution in [2.24, 2.45) is 7.05 Å². The van der Waals surface area contributed by atoms with Gasteiger partial charge in [0.05, 0.1) is 22.6 Å². The first-order chi connectivity index (χ1) is 7.99. The van der Waals surface area contributed by atoms with Gasteiger partial charge in [-0.2, -0.15) is 0 Å². The predicted molar refractivity (Wildman–Crippen MR) is 72.4 cm³/mol. The van der Waals surface area contributed by atoms with Crippen LogP contribution in [0.4, 0.5) is 11.4 Å².